The molecule has 0 saturated carbocycles. The van der Waals surface area contributed by atoms with E-state index in [2.05, 4.69) is 15.3 Å². The molecule has 1 unspecified atom stereocenters. The zero-order valence-corrected chi connectivity index (χ0v) is 15.2. The van der Waals surface area contributed by atoms with Gasteiger partial charge in [0.15, 0.2) is 0 Å². The van der Waals surface area contributed by atoms with Gasteiger partial charge in [0.25, 0.3) is 0 Å². The van der Waals surface area contributed by atoms with E-state index in [9.17, 15) is 9.59 Å². The number of carboxylic acid groups (broad SMARTS) is 1. The Morgan fingerprint density at radius 3 is 2.60 bits per heavy atom. The highest BCUT2D eigenvalue weighted by molar-refractivity contribution is 6.30. The van der Waals surface area contributed by atoms with Gasteiger partial charge in [-0.2, -0.15) is 0 Å². The lowest BCUT2D eigenvalue weighted by Gasteiger charge is -2.33. The number of likely N-dealkylation sites (tertiary alicyclic amines) is 1. The minimum Gasteiger partial charge on any atom is -0.465 e. The van der Waals surface area contributed by atoms with Crippen LogP contribution in [0.25, 0.3) is 0 Å². The number of aryl methyl sites for hydroxylation is 1. The van der Waals surface area contributed by atoms with E-state index in [1.54, 1.807) is 18.7 Å². The van der Waals surface area contributed by atoms with Crippen LogP contribution in [0.15, 0.2) is 0 Å². The van der Waals surface area contributed by atoms with Crippen LogP contribution in [0.4, 0.5) is 10.6 Å². The molecule has 138 valence electrons. The highest BCUT2D eigenvalue weighted by atomic mass is 35.5. The molecule has 0 radical (unpaired) electrons. The third-order valence-electron chi connectivity index (χ3n) is 4.54. The first-order chi connectivity index (χ1) is 11.8. The molecule has 2 heterocycles. The molecule has 1 fully saturated rings. The van der Waals surface area contributed by atoms with Crippen molar-refractivity contribution >= 4 is 29.4 Å². The summed E-state index contributed by atoms with van der Waals surface area (Å²) in [4.78, 5) is 32.8. The maximum atomic E-state index is 12.2. The molecule has 9 heteroatoms. The summed E-state index contributed by atoms with van der Waals surface area (Å²) >= 11 is 6.15. The van der Waals surface area contributed by atoms with Crippen LogP contribution in [-0.4, -0.2) is 51.1 Å². The molecule has 2 rings (SSSR count). The molecule has 1 aliphatic rings. The third kappa shape index (κ3) is 5.19. The third-order valence-corrected chi connectivity index (χ3v) is 4.85. The van der Waals surface area contributed by atoms with Crippen LogP contribution < -0.4 is 11.1 Å². The van der Waals surface area contributed by atoms with Gasteiger partial charge in [0, 0.05) is 18.7 Å². The molecule has 8 nitrogen and oxygen atoms in total. The molecular formula is C16H24ClN5O3. The van der Waals surface area contributed by atoms with Crippen LogP contribution >= 0.6 is 11.6 Å². The Bertz CT molecular complexity index is 624. The number of aromatic nitrogens is 2. The number of nitrogen functional groups attached to an aromatic ring is 1. The molecule has 1 aromatic rings. The number of hydrogen-bond donors (Lipinski definition) is 3. The Labute approximate surface area is 151 Å². The van der Waals surface area contributed by atoms with Gasteiger partial charge >= 0.3 is 6.09 Å². The number of carbonyl (C=O) groups is 2. The van der Waals surface area contributed by atoms with Gasteiger partial charge in [0.1, 0.15) is 22.8 Å². The van der Waals surface area contributed by atoms with Crippen molar-refractivity contribution < 1.29 is 14.7 Å². The van der Waals surface area contributed by atoms with Crippen molar-refractivity contribution in [2.75, 3.05) is 18.8 Å². The van der Waals surface area contributed by atoms with Gasteiger partial charge in [0.2, 0.25) is 5.91 Å². The minimum absolute atomic E-state index is 0.180. The fourth-order valence-corrected chi connectivity index (χ4v) is 3.44. The number of piperidine rings is 1. The first-order valence-corrected chi connectivity index (χ1v) is 8.72. The van der Waals surface area contributed by atoms with Gasteiger partial charge < -0.3 is 21.1 Å². The topological polar surface area (TPSA) is 121 Å². The van der Waals surface area contributed by atoms with Gasteiger partial charge in [-0.05, 0) is 45.4 Å². The van der Waals surface area contributed by atoms with E-state index in [1.807, 2.05) is 0 Å². The van der Waals surface area contributed by atoms with Crippen LogP contribution in [0, 0.1) is 12.8 Å². The summed E-state index contributed by atoms with van der Waals surface area (Å²) in [5, 5.41) is 11.3. The number of anilines is 1. The number of nitrogens with two attached hydrogens (primary N) is 1. The summed E-state index contributed by atoms with van der Waals surface area (Å²) in [6.45, 7) is 4.56. The second kappa shape index (κ2) is 8.33. The minimum atomic E-state index is -1.19. The largest absolute Gasteiger partial charge is 0.465 e. The Balaban J connectivity index is 1.83. The molecule has 1 saturated heterocycles. The Hall–Kier alpha value is -2.09. The van der Waals surface area contributed by atoms with E-state index in [1.165, 1.54) is 0 Å². The van der Waals surface area contributed by atoms with E-state index < -0.39 is 12.1 Å². The summed E-state index contributed by atoms with van der Waals surface area (Å²) < 4.78 is 0. The number of amides is 2. The van der Waals surface area contributed by atoms with Crippen LogP contribution in [0.2, 0.25) is 5.15 Å². The van der Waals surface area contributed by atoms with Crippen LogP contribution in [0.1, 0.15) is 37.6 Å². The number of nitrogens with one attached hydrogen (secondary N) is 1. The van der Waals surface area contributed by atoms with E-state index in [4.69, 9.17) is 22.4 Å². The lowest BCUT2D eigenvalue weighted by atomic mass is 9.90. The predicted octanol–water partition coefficient (Wildman–Crippen LogP) is 1.85. The van der Waals surface area contributed by atoms with Crippen molar-refractivity contribution in [1.82, 2.24) is 20.2 Å². The Morgan fingerprint density at radius 1 is 1.40 bits per heavy atom. The summed E-state index contributed by atoms with van der Waals surface area (Å²) in [5.74, 6) is 1.27. The van der Waals surface area contributed by atoms with Crippen molar-refractivity contribution in [2.24, 2.45) is 5.92 Å². The lowest BCUT2D eigenvalue weighted by molar-refractivity contribution is -0.134. The fraction of sp³-hybridized carbons (Fsp3) is 0.625. The van der Waals surface area contributed by atoms with Crippen LogP contribution in [0.3, 0.4) is 0 Å². The van der Waals surface area contributed by atoms with E-state index in [0.29, 0.717) is 42.2 Å². The van der Waals surface area contributed by atoms with Crippen molar-refractivity contribution in [3.63, 3.8) is 0 Å². The highest BCUT2D eigenvalue weighted by Gasteiger charge is 2.27. The lowest BCUT2D eigenvalue weighted by Crippen LogP contribution is -2.49. The monoisotopic (exact) mass is 369 g/mol. The fourth-order valence-electron chi connectivity index (χ4n) is 3.12. The van der Waals surface area contributed by atoms with Gasteiger partial charge in [-0.1, -0.05) is 11.6 Å². The summed E-state index contributed by atoms with van der Waals surface area (Å²) in [6, 6.07) is -0.725. The zero-order valence-electron chi connectivity index (χ0n) is 14.5. The van der Waals surface area contributed by atoms with Crippen molar-refractivity contribution in [1.29, 1.82) is 0 Å². The summed E-state index contributed by atoms with van der Waals surface area (Å²) in [7, 11) is 0. The molecule has 1 atom stereocenters. The van der Waals surface area contributed by atoms with Crippen molar-refractivity contribution in [3.05, 3.63) is 16.5 Å². The van der Waals surface area contributed by atoms with Crippen LogP contribution in [0.5, 0.6) is 0 Å². The summed E-state index contributed by atoms with van der Waals surface area (Å²) in [6.07, 6.45) is 2.17. The molecule has 4 N–H and O–H groups in total. The molecule has 25 heavy (non-hydrogen) atoms. The normalized spacial score (nSPS) is 16.5. The number of halogens is 1. The second-order valence-corrected chi connectivity index (χ2v) is 6.76. The second-order valence-electron chi connectivity index (χ2n) is 6.40. The maximum Gasteiger partial charge on any atom is 0.405 e. The van der Waals surface area contributed by atoms with Gasteiger partial charge in [0.05, 0.1) is 0 Å². The average Bonchev–Trinajstić information content (AvgIpc) is 2.53. The molecule has 0 aliphatic carbocycles. The standard InChI is InChI=1S/C16H24ClN5O3/c1-9(19-16(24)25)15(23)22-7-5-11(6-8-22)3-4-12-13(17)20-10(2)21-14(12)18/h9,11,19H,3-8H2,1-2H3,(H,24,25)(H2,18,20,21). The maximum absolute atomic E-state index is 12.2. The van der Waals surface area contributed by atoms with Crippen molar-refractivity contribution in [3.8, 4) is 0 Å². The molecule has 1 aliphatic heterocycles. The molecule has 2 amide bonds. The molecular weight excluding hydrogens is 346 g/mol. The first kappa shape index (κ1) is 19.2. The quantitative estimate of drug-likeness (QED) is 0.681. The van der Waals surface area contributed by atoms with E-state index in [0.717, 1.165) is 24.8 Å². The Kier molecular flexibility index (Phi) is 6.41. The van der Waals surface area contributed by atoms with Gasteiger partial charge in [-0.3, -0.25) is 4.79 Å². The van der Waals surface area contributed by atoms with E-state index >= 15 is 0 Å². The predicted molar refractivity (Wildman–Crippen MR) is 94.4 cm³/mol. The average molecular weight is 370 g/mol. The number of rotatable bonds is 5. The molecule has 0 bridgehead atoms. The van der Waals surface area contributed by atoms with E-state index in [-0.39, 0.29) is 5.91 Å². The van der Waals surface area contributed by atoms with Crippen LogP contribution in [-0.2, 0) is 11.2 Å². The smallest absolute Gasteiger partial charge is 0.405 e. The number of carbonyl (C=O) groups excluding carboxylic acids is 1. The number of hydrogen-bond acceptors (Lipinski definition) is 5. The molecule has 1 aromatic heterocycles. The SMILES string of the molecule is Cc1nc(N)c(CCC2CCN(C(=O)C(C)NC(=O)O)CC2)c(Cl)n1. The van der Waals surface area contributed by atoms with Crippen molar-refractivity contribution in [2.45, 2.75) is 45.6 Å². The zero-order chi connectivity index (χ0) is 18.6. The summed E-state index contributed by atoms with van der Waals surface area (Å²) in [5.41, 5.74) is 6.71. The van der Waals surface area contributed by atoms with Gasteiger partial charge in [-0.25, -0.2) is 14.8 Å². The Morgan fingerprint density at radius 2 is 2.04 bits per heavy atom. The highest BCUT2D eigenvalue weighted by Crippen LogP contribution is 2.26. The number of nitrogens with zero attached hydrogens (tertiary/aromatic N) is 3. The molecule has 0 spiro atoms. The first-order valence-electron chi connectivity index (χ1n) is 8.34. The molecule has 0 aromatic carbocycles. The van der Waals surface area contributed by atoms with Gasteiger partial charge in [-0.15, -0.1) is 0 Å².